The van der Waals surface area contributed by atoms with E-state index in [2.05, 4.69) is 24.9 Å². The highest BCUT2D eigenvalue weighted by molar-refractivity contribution is 8.11. The lowest BCUT2D eigenvalue weighted by Gasteiger charge is -2.27. The summed E-state index contributed by atoms with van der Waals surface area (Å²) in [5, 5.41) is 3.21. The minimum atomic E-state index is 0.587. The van der Waals surface area contributed by atoms with Crippen LogP contribution < -0.4 is 5.32 Å². The summed E-state index contributed by atoms with van der Waals surface area (Å²) in [7, 11) is 0. The van der Waals surface area contributed by atoms with Crippen LogP contribution >= 0.6 is 24.8 Å². The second kappa shape index (κ2) is 4.31. The van der Waals surface area contributed by atoms with E-state index < -0.39 is 0 Å². The van der Waals surface area contributed by atoms with E-state index >= 15 is 0 Å². The van der Waals surface area contributed by atoms with Crippen LogP contribution in [0.2, 0.25) is 0 Å². The van der Waals surface area contributed by atoms with Crippen molar-refractivity contribution in [2.75, 3.05) is 0 Å². The number of hydrogen-bond donors (Lipinski definition) is 2. The zero-order valence-corrected chi connectivity index (χ0v) is 8.55. The van der Waals surface area contributed by atoms with Gasteiger partial charge in [-0.05, 0) is 18.8 Å². The molecule has 0 bridgehead atoms. The van der Waals surface area contributed by atoms with Crippen LogP contribution in [-0.2, 0) is 0 Å². The molecule has 1 nitrogen and oxygen atoms in total. The molecule has 64 valence electrons. The minimum absolute atomic E-state index is 0.587. The number of thiocarbonyl (C=S) groups is 1. The molecule has 0 heterocycles. The number of hydrogen-bond acceptors (Lipinski definition) is 1. The molecule has 11 heavy (non-hydrogen) atoms. The van der Waals surface area contributed by atoms with Crippen molar-refractivity contribution < 1.29 is 0 Å². The van der Waals surface area contributed by atoms with E-state index in [1.165, 1.54) is 25.7 Å². The van der Waals surface area contributed by atoms with Crippen LogP contribution in [0.5, 0.6) is 0 Å². The lowest BCUT2D eigenvalue weighted by molar-refractivity contribution is 0.328. The normalized spacial score (nSPS) is 31.5. The molecule has 3 heteroatoms. The SMILES string of the molecule is CC1CCCC(NC(=S)S)C1. The van der Waals surface area contributed by atoms with Gasteiger partial charge in [-0.3, -0.25) is 0 Å². The third-order valence-corrected chi connectivity index (χ3v) is 2.51. The Morgan fingerprint density at radius 1 is 1.55 bits per heavy atom. The Kier molecular flexibility index (Phi) is 3.66. The molecule has 0 aliphatic heterocycles. The molecule has 0 saturated heterocycles. The second-order valence-electron chi connectivity index (χ2n) is 3.42. The zero-order chi connectivity index (χ0) is 8.27. The molecule has 1 saturated carbocycles. The molecule has 2 unspecified atom stereocenters. The lowest BCUT2D eigenvalue weighted by Crippen LogP contribution is -2.34. The summed E-state index contributed by atoms with van der Waals surface area (Å²) in [6.07, 6.45) is 5.21. The van der Waals surface area contributed by atoms with Gasteiger partial charge in [-0.1, -0.05) is 32.0 Å². The third kappa shape index (κ3) is 3.43. The fraction of sp³-hybridized carbons (Fsp3) is 0.875. The Bertz CT molecular complexity index is 147. The topological polar surface area (TPSA) is 12.0 Å². The Morgan fingerprint density at radius 3 is 2.82 bits per heavy atom. The van der Waals surface area contributed by atoms with Gasteiger partial charge in [0, 0.05) is 6.04 Å². The van der Waals surface area contributed by atoms with E-state index in [0.717, 1.165) is 5.92 Å². The van der Waals surface area contributed by atoms with E-state index in [0.29, 0.717) is 10.4 Å². The van der Waals surface area contributed by atoms with Gasteiger partial charge < -0.3 is 5.32 Å². The second-order valence-corrected chi connectivity index (χ2v) is 4.58. The number of nitrogens with one attached hydrogen (secondary N) is 1. The van der Waals surface area contributed by atoms with Crippen LogP contribution in [0.3, 0.4) is 0 Å². The van der Waals surface area contributed by atoms with Crippen LogP contribution in [-0.4, -0.2) is 10.4 Å². The molecule has 0 radical (unpaired) electrons. The van der Waals surface area contributed by atoms with Crippen molar-refractivity contribution in [1.82, 2.24) is 5.32 Å². The van der Waals surface area contributed by atoms with Crippen molar-refractivity contribution in [1.29, 1.82) is 0 Å². The third-order valence-electron chi connectivity index (χ3n) is 2.26. The predicted molar refractivity (Wildman–Crippen MR) is 56.1 cm³/mol. The maximum absolute atomic E-state index is 4.87. The van der Waals surface area contributed by atoms with Crippen molar-refractivity contribution >= 4 is 29.2 Å². The first kappa shape index (κ1) is 9.33. The van der Waals surface area contributed by atoms with Crippen molar-refractivity contribution in [2.24, 2.45) is 5.92 Å². The molecule has 1 aliphatic carbocycles. The van der Waals surface area contributed by atoms with E-state index in [-0.39, 0.29) is 0 Å². The van der Waals surface area contributed by atoms with Crippen LogP contribution in [0.4, 0.5) is 0 Å². The minimum Gasteiger partial charge on any atom is -0.368 e. The van der Waals surface area contributed by atoms with E-state index in [9.17, 15) is 0 Å². The molecule has 1 aliphatic rings. The Morgan fingerprint density at radius 2 is 2.27 bits per heavy atom. The summed E-state index contributed by atoms with van der Waals surface area (Å²) < 4.78 is 0.643. The molecule has 1 N–H and O–H groups in total. The highest BCUT2D eigenvalue weighted by Crippen LogP contribution is 2.23. The van der Waals surface area contributed by atoms with Gasteiger partial charge in [0.15, 0.2) is 0 Å². The molecule has 0 aromatic heterocycles. The monoisotopic (exact) mass is 189 g/mol. The Balaban J connectivity index is 2.28. The average molecular weight is 189 g/mol. The van der Waals surface area contributed by atoms with Crippen LogP contribution in [0.25, 0.3) is 0 Å². The molecule has 0 aromatic rings. The summed E-state index contributed by atoms with van der Waals surface area (Å²) in [5.74, 6) is 0.851. The molecule has 0 amide bonds. The van der Waals surface area contributed by atoms with Crippen LogP contribution in [0, 0.1) is 5.92 Å². The van der Waals surface area contributed by atoms with Gasteiger partial charge in [-0.2, -0.15) is 0 Å². The molecule has 1 fully saturated rings. The van der Waals surface area contributed by atoms with Crippen molar-refractivity contribution in [3.05, 3.63) is 0 Å². The summed E-state index contributed by atoms with van der Waals surface area (Å²) in [5.41, 5.74) is 0. The summed E-state index contributed by atoms with van der Waals surface area (Å²) in [6.45, 7) is 2.30. The smallest absolute Gasteiger partial charge is 0.130 e. The van der Waals surface area contributed by atoms with E-state index in [1.807, 2.05) is 0 Å². The van der Waals surface area contributed by atoms with Gasteiger partial charge in [0.05, 0.1) is 0 Å². The van der Waals surface area contributed by atoms with E-state index in [4.69, 9.17) is 12.2 Å². The van der Waals surface area contributed by atoms with Gasteiger partial charge in [0.2, 0.25) is 0 Å². The number of rotatable bonds is 1. The summed E-state index contributed by atoms with van der Waals surface area (Å²) in [4.78, 5) is 0. The molecule has 1 rings (SSSR count). The highest BCUT2D eigenvalue weighted by Gasteiger charge is 2.18. The molecule has 0 aromatic carbocycles. The highest BCUT2D eigenvalue weighted by atomic mass is 32.1. The molecule has 0 spiro atoms. The van der Waals surface area contributed by atoms with Gasteiger partial charge >= 0.3 is 0 Å². The maximum atomic E-state index is 4.87. The fourth-order valence-electron chi connectivity index (χ4n) is 1.74. The zero-order valence-electron chi connectivity index (χ0n) is 6.84. The van der Waals surface area contributed by atoms with Gasteiger partial charge in [-0.15, -0.1) is 12.6 Å². The van der Waals surface area contributed by atoms with Crippen LogP contribution in [0.15, 0.2) is 0 Å². The largest absolute Gasteiger partial charge is 0.368 e. The van der Waals surface area contributed by atoms with Gasteiger partial charge in [-0.25, -0.2) is 0 Å². The molecular weight excluding hydrogens is 174 g/mol. The van der Waals surface area contributed by atoms with Gasteiger partial charge in [0.25, 0.3) is 0 Å². The lowest BCUT2D eigenvalue weighted by atomic mass is 9.87. The maximum Gasteiger partial charge on any atom is 0.130 e. The predicted octanol–water partition coefficient (Wildman–Crippen LogP) is 2.37. The van der Waals surface area contributed by atoms with E-state index in [1.54, 1.807) is 0 Å². The first-order chi connectivity index (χ1) is 5.18. The standard InChI is InChI=1S/C8H15NS2/c1-6-3-2-4-7(5-6)9-8(10)11/h6-7H,2-5H2,1H3,(H2,9,10,11). The average Bonchev–Trinajstić information content (AvgIpc) is 1.85. The van der Waals surface area contributed by atoms with Crippen molar-refractivity contribution in [2.45, 2.75) is 38.6 Å². The van der Waals surface area contributed by atoms with Crippen molar-refractivity contribution in [3.8, 4) is 0 Å². The van der Waals surface area contributed by atoms with Crippen molar-refractivity contribution in [3.63, 3.8) is 0 Å². The first-order valence-electron chi connectivity index (χ1n) is 4.18. The summed E-state index contributed by atoms with van der Waals surface area (Å²) in [6, 6.07) is 0.587. The molecule has 2 atom stereocenters. The molecular formula is C8H15NS2. The Hall–Kier alpha value is 0.240. The number of thiol groups is 1. The quantitative estimate of drug-likeness (QED) is 0.485. The Labute approximate surface area is 79.4 Å². The first-order valence-corrected chi connectivity index (χ1v) is 5.03. The van der Waals surface area contributed by atoms with Crippen LogP contribution in [0.1, 0.15) is 32.6 Å². The van der Waals surface area contributed by atoms with Gasteiger partial charge in [0.1, 0.15) is 4.32 Å². The summed E-state index contributed by atoms with van der Waals surface area (Å²) >= 11 is 8.93. The fourth-order valence-corrected chi connectivity index (χ4v) is 2.09.